The van der Waals surface area contributed by atoms with Gasteiger partial charge in [0.15, 0.2) is 0 Å². The number of sulfonamides is 1. The van der Waals surface area contributed by atoms with Crippen LogP contribution < -0.4 is 20.7 Å². The Labute approximate surface area is 196 Å². The summed E-state index contributed by atoms with van der Waals surface area (Å²) in [6.07, 6.45) is -2.95. The van der Waals surface area contributed by atoms with Gasteiger partial charge in [-0.05, 0) is 36.2 Å². The van der Waals surface area contributed by atoms with Crippen LogP contribution >= 0.6 is 0 Å². The molecule has 1 atom stereocenters. The second-order valence-electron chi connectivity index (χ2n) is 7.70. The fraction of sp³-hybridized carbons (Fsp3) is 0.273. The molecule has 0 aliphatic heterocycles. The van der Waals surface area contributed by atoms with Crippen LogP contribution in [0.15, 0.2) is 54.7 Å². The minimum atomic E-state index is -4.69. The molecule has 0 unspecified atom stereocenters. The molecule has 3 aromatic rings. The van der Waals surface area contributed by atoms with Crippen molar-refractivity contribution in [3.8, 4) is 0 Å². The highest BCUT2D eigenvalue weighted by atomic mass is 32.2. The number of rotatable bonds is 8. The molecule has 34 heavy (non-hydrogen) atoms. The SMILES string of the molecule is C[C@H](N)c1ccc(Nc2ncc(C(F)(F)F)c(NCc3ccccc3N(C)S(C)(=O)=O)n2)cc1. The predicted octanol–water partition coefficient (Wildman–Crippen LogP) is 4.27. The molecule has 2 aromatic carbocycles. The van der Waals surface area contributed by atoms with Gasteiger partial charge in [-0.25, -0.2) is 13.4 Å². The highest BCUT2D eigenvalue weighted by Crippen LogP contribution is 2.34. The van der Waals surface area contributed by atoms with E-state index in [4.69, 9.17) is 5.73 Å². The van der Waals surface area contributed by atoms with Gasteiger partial charge in [-0.2, -0.15) is 18.2 Å². The van der Waals surface area contributed by atoms with Crippen LogP contribution in [0, 0.1) is 0 Å². The van der Waals surface area contributed by atoms with Gasteiger partial charge in [0.25, 0.3) is 0 Å². The lowest BCUT2D eigenvalue weighted by Crippen LogP contribution is -2.26. The summed E-state index contributed by atoms with van der Waals surface area (Å²) in [5.41, 5.74) is 7.09. The molecule has 3 rings (SSSR count). The molecule has 0 spiro atoms. The van der Waals surface area contributed by atoms with E-state index in [1.807, 2.05) is 6.92 Å². The van der Waals surface area contributed by atoms with Crippen molar-refractivity contribution in [3.63, 3.8) is 0 Å². The molecule has 0 aliphatic rings. The summed E-state index contributed by atoms with van der Waals surface area (Å²) in [6, 6.07) is 13.4. The van der Waals surface area contributed by atoms with Gasteiger partial charge in [0.2, 0.25) is 16.0 Å². The molecular formula is C22H25F3N6O2S. The van der Waals surface area contributed by atoms with E-state index in [1.165, 1.54) is 7.05 Å². The number of halogens is 3. The van der Waals surface area contributed by atoms with E-state index in [1.54, 1.807) is 48.5 Å². The number of nitrogens with two attached hydrogens (primary N) is 1. The fourth-order valence-corrected chi connectivity index (χ4v) is 3.64. The van der Waals surface area contributed by atoms with Gasteiger partial charge in [-0.1, -0.05) is 30.3 Å². The predicted molar refractivity (Wildman–Crippen MR) is 126 cm³/mol. The van der Waals surface area contributed by atoms with Gasteiger partial charge in [-0.15, -0.1) is 0 Å². The standard InChI is InChI=1S/C22H25F3N6O2S/c1-14(26)15-8-10-17(11-9-15)29-21-28-13-18(22(23,24)25)20(30-21)27-12-16-6-4-5-7-19(16)31(2)34(3,32)33/h4-11,13-14H,12,26H2,1-3H3,(H2,27,28,29,30)/t14-/m0/s1. The monoisotopic (exact) mass is 494 g/mol. The molecule has 8 nitrogen and oxygen atoms in total. The molecule has 1 aromatic heterocycles. The Morgan fingerprint density at radius 1 is 1.12 bits per heavy atom. The molecule has 0 amide bonds. The summed E-state index contributed by atoms with van der Waals surface area (Å²) >= 11 is 0. The van der Waals surface area contributed by atoms with E-state index in [-0.39, 0.29) is 18.5 Å². The van der Waals surface area contributed by atoms with Gasteiger partial charge in [0.05, 0.1) is 11.9 Å². The van der Waals surface area contributed by atoms with Crippen LogP contribution in [0.1, 0.15) is 29.7 Å². The lowest BCUT2D eigenvalue weighted by atomic mass is 10.1. The zero-order chi connectivity index (χ0) is 25.1. The van der Waals surface area contributed by atoms with E-state index in [9.17, 15) is 21.6 Å². The summed E-state index contributed by atoms with van der Waals surface area (Å²) in [6.45, 7) is 1.74. The zero-order valence-electron chi connectivity index (χ0n) is 18.8. The first-order valence-electron chi connectivity index (χ1n) is 10.2. The van der Waals surface area contributed by atoms with E-state index < -0.39 is 27.6 Å². The number of anilines is 4. The number of para-hydroxylation sites is 1. The van der Waals surface area contributed by atoms with Gasteiger partial charge in [0.1, 0.15) is 11.4 Å². The summed E-state index contributed by atoms with van der Waals surface area (Å²) in [5.74, 6) is -0.473. The molecule has 0 radical (unpaired) electrons. The Morgan fingerprint density at radius 3 is 2.35 bits per heavy atom. The quantitative estimate of drug-likeness (QED) is 0.429. The van der Waals surface area contributed by atoms with Crippen molar-refractivity contribution < 1.29 is 21.6 Å². The molecule has 12 heteroatoms. The highest BCUT2D eigenvalue weighted by molar-refractivity contribution is 7.92. The lowest BCUT2D eigenvalue weighted by Gasteiger charge is -2.21. The maximum absolute atomic E-state index is 13.6. The van der Waals surface area contributed by atoms with Gasteiger partial charge in [-0.3, -0.25) is 4.31 Å². The maximum atomic E-state index is 13.6. The van der Waals surface area contributed by atoms with Crippen molar-refractivity contribution in [3.05, 3.63) is 71.4 Å². The third-order valence-electron chi connectivity index (χ3n) is 5.06. The molecule has 4 N–H and O–H groups in total. The lowest BCUT2D eigenvalue weighted by molar-refractivity contribution is -0.137. The molecule has 0 fully saturated rings. The molecule has 182 valence electrons. The third-order valence-corrected chi connectivity index (χ3v) is 6.25. The number of nitrogens with zero attached hydrogens (tertiary/aromatic N) is 3. The second-order valence-corrected chi connectivity index (χ2v) is 9.72. The minimum absolute atomic E-state index is 0.0365. The van der Waals surface area contributed by atoms with Crippen molar-refractivity contribution in [2.24, 2.45) is 5.73 Å². The third kappa shape index (κ3) is 6.14. The molecule has 1 heterocycles. The Morgan fingerprint density at radius 2 is 1.76 bits per heavy atom. The molecular weight excluding hydrogens is 469 g/mol. The van der Waals surface area contributed by atoms with Crippen molar-refractivity contribution in [1.29, 1.82) is 0 Å². The van der Waals surface area contributed by atoms with E-state index in [0.29, 0.717) is 23.1 Å². The van der Waals surface area contributed by atoms with Crippen LogP contribution in [-0.2, 0) is 22.7 Å². The number of nitrogens with one attached hydrogen (secondary N) is 2. The molecule has 0 saturated carbocycles. The van der Waals surface area contributed by atoms with E-state index >= 15 is 0 Å². The van der Waals surface area contributed by atoms with Crippen LogP contribution in [0.2, 0.25) is 0 Å². The summed E-state index contributed by atoms with van der Waals surface area (Å²) in [7, 11) is -2.19. The first-order valence-corrected chi connectivity index (χ1v) is 12.0. The number of aromatic nitrogens is 2. The van der Waals surface area contributed by atoms with Crippen molar-refractivity contribution in [2.45, 2.75) is 25.7 Å². The minimum Gasteiger partial charge on any atom is -0.365 e. The Balaban J connectivity index is 1.89. The van der Waals surface area contributed by atoms with Crippen LogP contribution in [0.25, 0.3) is 0 Å². The zero-order valence-corrected chi connectivity index (χ0v) is 19.6. The Kier molecular flexibility index (Phi) is 7.32. The highest BCUT2D eigenvalue weighted by Gasteiger charge is 2.35. The first kappa shape index (κ1) is 25.2. The first-order chi connectivity index (χ1) is 15.9. The number of benzene rings is 2. The normalized spacial score (nSPS) is 12.8. The van der Waals surface area contributed by atoms with Crippen molar-refractivity contribution in [1.82, 2.24) is 9.97 Å². The number of hydrogen-bond acceptors (Lipinski definition) is 7. The van der Waals surface area contributed by atoms with Crippen molar-refractivity contribution in [2.75, 3.05) is 28.2 Å². The van der Waals surface area contributed by atoms with Crippen molar-refractivity contribution >= 4 is 33.2 Å². The Hall–Kier alpha value is -3.38. The van der Waals surface area contributed by atoms with Crippen LogP contribution in [0.3, 0.4) is 0 Å². The largest absolute Gasteiger partial charge is 0.421 e. The number of alkyl halides is 3. The molecule has 0 saturated heterocycles. The molecule has 0 aliphatic carbocycles. The van der Waals surface area contributed by atoms with Gasteiger partial charge < -0.3 is 16.4 Å². The average Bonchev–Trinajstić information content (AvgIpc) is 2.76. The van der Waals surface area contributed by atoms with Crippen LogP contribution in [0.5, 0.6) is 0 Å². The fourth-order valence-electron chi connectivity index (χ4n) is 3.11. The smallest absolute Gasteiger partial charge is 0.365 e. The number of hydrogen-bond donors (Lipinski definition) is 3. The molecule has 0 bridgehead atoms. The topological polar surface area (TPSA) is 113 Å². The van der Waals surface area contributed by atoms with Gasteiger partial charge >= 0.3 is 6.18 Å². The van der Waals surface area contributed by atoms with Crippen LogP contribution in [-0.4, -0.2) is 31.7 Å². The summed E-state index contributed by atoms with van der Waals surface area (Å²) < 4.78 is 65.7. The Bertz CT molecular complexity index is 1250. The summed E-state index contributed by atoms with van der Waals surface area (Å²) in [5, 5.41) is 5.56. The van der Waals surface area contributed by atoms with E-state index in [2.05, 4.69) is 20.6 Å². The maximum Gasteiger partial charge on any atom is 0.421 e. The van der Waals surface area contributed by atoms with E-state index in [0.717, 1.165) is 16.1 Å². The summed E-state index contributed by atoms with van der Waals surface area (Å²) in [4.78, 5) is 7.82. The second kappa shape index (κ2) is 9.85. The van der Waals surface area contributed by atoms with Crippen LogP contribution in [0.4, 0.5) is 36.3 Å². The average molecular weight is 495 g/mol. The van der Waals surface area contributed by atoms with Gasteiger partial charge in [0, 0.05) is 31.5 Å².